The van der Waals surface area contributed by atoms with E-state index in [2.05, 4.69) is 9.97 Å². The Morgan fingerprint density at radius 1 is 0.815 bits per heavy atom. The molecule has 0 aliphatic carbocycles. The zero-order valence-electron chi connectivity index (χ0n) is 13.8. The Kier molecular flexibility index (Phi) is 3.11. The second kappa shape index (κ2) is 5.50. The van der Waals surface area contributed by atoms with E-state index in [4.69, 9.17) is 14.6 Å². The summed E-state index contributed by atoms with van der Waals surface area (Å²) in [5.74, 6) is 0.0392. The summed E-state index contributed by atoms with van der Waals surface area (Å²) in [6.07, 6.45) is 0. The Morgan fingerprint density at radius 2 is 1.52 bits per heavy atom. The minimum absolute atomic E-state index is 0.0536. The predicted octanol–water partition coefficient (Wildman–Crippen LogP) is 3.09. The molecule has 0 radical (unpaired) electrons. The lowest BCUT2D eigenvalue weighted by molar-refractivity contribution is 0.562. The first-order valence-corrected chi connectivity index (χ1v) is 8.14. The minimum atomic E-state index is -0.627. The van der Waals surface area contributed by atoms with Crippen LogP contribution in [-0.4, -0.2) is 9.97 Å². The first kappa shape index (κ1) is 15.3. The number of aromatic nitrogens is 2. The largest absolute Gasteiger partial charge is 0.422 e. The number of nitrogens with two attached hydrogens (primary N) is 1. The van der Waals surface area contributed by atoms with E-state index in [9.17, 15) is 9.59 Å². The second-order valence-corrected chi connectivity index (χ2v) is 6.03. The molecular weight excluding hydrogens is 346 g/mol. The van der Waals surface area contributed by atoms with Gasteiger partial charge in [-0.3, -0.25) is 0 Å². The molecule has 7 nitrogen and oxygen atoms in total. The number of hydrogen-bond acceptors (Lipinski definition) is 7. The lowest BCUT2D eigenvalue weighted by Crippen LogP contribution is -2.11. The molecule has 0 aliphatic rings. The van der Waals surface area contributed by atoms with E-state index in [1.807, 2.05) is 12.1 Å². The SMILES string of the molecule is Nc1nc(-c2cc3ccccc3oc2=O)nc2c1c(=O)oc1ccccc12. The van der Waals surface area contributed by atoms with Gasteiger partial charge in [0.1, 0.15) is 27.9 Å². The lowest BCUT2D eigenvalue weighted by Gasteiger charge is -2.07. The van der Waals surface area contributed by atoms with E-state index in [1.54, 1.807) is 42.5 Å². The van der Waals surface area contributed by atoms with Crippen molar-refractivity contribution in [2.24, 2.45) is 0 Å². The van der Waals surface area contributed by atoms with Crippen LogP contribution >= 0.6 is 0 Å². The van der Waals surface area contributed by atoms with Gasteiger partial charge in [0.25, 0.3) is 0 Å². The van der Waals surface area contributed by atoms with E-state index in [1.165, 1.54) is 0 Å². The molecule has 3 aromatic heterocycles. The molecule has 0 fully saturated rings. The standard InChI is InChI=1S/C20H11N3O4/c21-17-15-16(11-6-2-4-8-14(11)27-20(15)25)22-18(23-17)12-9-10-5-1-3-7-13(10)26-19(12)24/h1-9H,(H2,21,22,23). The number of hydrogen-bond donors (Lipinski definition) is 1. The molecule has 0 spiro atoms. The first-order valence-electron chi connectivity index (χ1n) is 8.14. The van der Waals surface area contributed by atoms with Crippen molar-refractivity contribution in [2.75, 3.05) is 5.73 Å². The first-order chi connectivity index (χ1) is 13.1. The number of anilines is 1. The molecule has 0 bridgehead atoms. The molecule has 0 amide bonds. The number of benzene rings is 2. The number of fused-ring (bicyclic) bond motifs is 4. The van der Waals surface area contributed by atoms with Gasteiger partial charge in [0.2, 0.25) is 0 Å². The normalized spacial score (nSPS) is 11.4. The van der Waals surface area contributed by atoms with E-state index < -0.39 is 11.3 Å². The van der Waals surface area contributed by atoms with Gasteiger partial charge in [-0.25, -0.2) is 19.6 Å². The van der Waals surface area contributed by atoms with Gasteiger partial charge in [-0.15, -0.1) is 0 Å². The average Bonchev–Trinajstić information content (AvgIpc) is 2.67. The van der Waals surface area contributed by atoms with E-state index in [-0.39, 0.29) is 22.6 Å². The summed E-state index contributed by atoms with van der Waals surface area (Å²) in [5.41, 5.74) is 6.14. The summed E-state index contributed by atoms with van der Waals surface area (Å²) >= 11 is 0. The van der Waals surface area contributed by atoms with Crippen LogP contribution in [-0.2, 0) is 0 Å². The number of rotatable bonds is 1. The van der Waals surface area contributed by atoms with Crippen LogP contribution < -0.4 is 17.0 Å². The van der Waals surface area contributed by atoms with Gasteiger partial charge < -0.3 is 14.6 Å². The maximum Gasteiger partial charge on any atom is 0.349 e. The molecular formula is C20H11N3O4. The maximum atomic E-state index is 12.4. The predicted molar refractivity (Wildman–Crippen MR) is 101 cm³/mol. The van der Waals surface area contributed by atoms with E-state index in [0.717, 1.165) is 5.39 Å². The summed E-state index contributed by atoms with van der Waals surface area (Å²) in [5, 5.41) is 1.42. The van der Waals surface area contributed by atoms with Gasteiger partial charge in [0.15, 0.2) is 5.82 Å². The van der Waals surface area contributed by atoms with E-state index >= 15 is 0 Å². The van der Waals surface area contributed by atoms with Crippen LogP contribution in [0.15, 0.2) is 73.0 Å². The molecule has 2 aromatic carbocycles. The summed E-state index contributed by atoms with van der Waals surface area (Å²) in [6, 6.07) is 15.8. The highest BCUT2D eigenvalue weighted by molar-refractivity contribution is 6.05. The smallest absolute Gasteiger partial charge is 0.349 e. The van der Waals surface area contributed by atoms with Gasteiger partial charge in [0, 0.05) is 10.8 Å². The fraction of sp³-hybridized carbons (Fsp3) is 0. The number of para-hydroxylation sites is 2. The third-order valence-corrected chi connectivity index (χ3v) is 4.37. The van der Waals surface area contributed by atoms with Crippen molar-refractivity contribution in [2.45, 2.75) is 0 Å². The molecule has 0 unspecified atom stereocenters. The van der Waals surface area contributed by atoms with Crippen molar-refractivity contribution in [3.05, 3.63) is 75.4 Å². The Hall–Kier alpha value is -4.00. The fourth-order valence-electron chi connectivity index (χ4n) is 3.11. The van der Waals surface area contributed by atoms with Gasteiger partial charge >= 0.3 is 11.3 Å². The number of nitrogens with zero attached hydrogens (tertiary/aromatic N) is 2. The van der Waals surface area contributed by atoms with Crippen LogP contribution in [0.1, 0.15) is 0 Å². The Morgan fingerprint density at radius 3 is 2.37 bits per heavy atom. The monoisotopic (exact) mass is 357 g/mol. The average molecular weight is 357 g/mol. The summed E-state index contributed by atoms with van der Waals surface area (Å²) in [6.45, 7) is 0. The van der Waals surface area contributed by atoms with Gasteiger partial charge in [-0.1, -0.05) is 30.3 Å². The van der Waals surface area contributed by atoms with E-state index in [0.29, 0.717) is 22.1 Å². The number of nitrogen functional groups attached to an aromatic ring is 1. The van der Waals surface area contributed by atoms with Crippen molar-refractivity contribution < 1.29 is 8.83 Å². The fourth-order valence-corrected chi connectivity index (χ4v) is 3.11. The lowest BCUT2D eigenvalue weighted by atomic mass is 10.1. The van der Waals surface area contributed by atoms with Crippen LogP contribution in [0.2, 0.25) is 0 Å². The van der Waals surface area contributed by atoms with Crippen LogP contribution in [0, 0.1) is 0 Å². The Balaban J connectivity index is 1.90. The van der Waals surface area contributed by atoms with Crippen LogP contribution in [0.25, 0.3) is 44.2 Å². The molecule has 5 aromatic rings. The van der Waals surface area contributed by atoms with Gasteiger partial charge in [0.05, 0.1) is 5.52 Å². The molecule has 0 saturated heterocycles. The minimum Gasteiger partial charge on any atom is -0.422 e. The molecule has 7 heteroatoms. The van der Waals surface area contributed by atoms with Crippen molar-refractivity contribution >= 4 is 38.7 Å². The second-order valence-electron chi connectivity index (χ2n) is 6.03. The molecule has 27 heavy (non-hydrogen) atoms. The Labute approximate surface area is 150 Å². The van der Waals surface area contributed by atoms with Crippen molar-refractivity contribution in [1.82, 2.24) is 9.97 Å². The quantitative estimate of drug-likeness (QED) is 0.362. The van der Waals surface area contributed by atoms with Gasteiger partial charge in [-0.05, 0) is 24.3 Å². The molecule has 3 heterocycles. The zero-order chi connectivity index (χ0) is 18.5. The topological polar surface area (TPSA) is 112 Å². The summed E-state index contributed by atoms with van der Waals surface area (Å²) in [4.78, 5) is 33.3. The van der Waals surface area contributed by atoms with Crippen LogP contribution in [0.4, 0.5) is 5.82 Å². The molecule has 0 aliphatic heterocycles. The van der Waals surface area contributed by atoms with Crippen LogP contribution in [0.5, 0.6) is 0 Å². The molecule has 0 saturated carbocycles. The molecule has 5 rings (SSSR count). The zero-order valence-corrected chi connectivity index (χ0v) is 13.8. The summed E-state index contributed by atoms with van der Waals surface area (Å²) in [7, 11) is 0. The highest BCUT2D eigenvalue weighted by atomic mass is 16.4. The Bertz CT molecular complexity index is 1480. The molecule has 0 atom stereocenters. The van der Waals surface area contributed by atoms with Gasteiger partial charge in [-0.2, -0.15) is 0 Å². The maximum absolute atomic E-state index is 12.4. The van der Waals surface area contributed by atoms with Crippen molar-refractivity contribution in [3.63, 3.8) is 0 Å². The molecule has 2 N–H and O–H groups in total. The van der Waals surface area contributed by atoms with Crippen LogP contribution in [0.3, 0.4) is 0 Å². The highest BCUT2D eigenvalue weighted by Crippen LogP contribution is 2.26. The highest BCUT2D eigenvalue weighted by Gasteiger charge is 2.17. The molecule has 130 valence electrons. The van der Waals surface area contributed by atoms with Crippen molar-refractivity contribution in [3.8, 4) is 11.4 Å². The third kappa shape index (κ3) is 2.29. The summed E-state index contributed by atoms with van der Waals surface area (Å²) < 4.78 is 10.6. The third-order valence-electron chi connectivity index (χ3n) is 4.37. The van der Waals surface area contributed by atoms with Crippen molar-refractivity contribution in [1.29, 1.82) is 0 Å².